The predicted molar refractivity (Wildman–Crippen MR) is 67.5 cm³/mol. The van der Waals surface area contributed by atoms with Gasteiger partial charge in [-0.25, -0.2) is 0 Å². The van der Waals surface area contributed by atoms with Crippen molar-refractivity contribution in [2.24, 2.45) is 5.92 Å². The summed E-state index contributed by atoms with van der Waals surface area (Å²) in [7, 11) is 0. The number of hydrogen-bond acceptors (Lipinski definition) is 4. The van der Waals surface area contributed by atoms with E-state index in [9.17, 15) is 4.79 Å². The van der Waals surface area contributed by atoms with Crippen LogP contribution in [-0.2, 0) is 9.53 Å². The van der Waals surface area contributed by atoms with Gasteiger partial charge < -0.3 is 9.47 Å². The lowest BCUT2D eigenvalue weighted by Crippen LogP contribution is -2.31. The van der Waals surface area contributed by atoms with Gasteiger partial charge in [-0.2, -0.15) is 0 Å². The Morgan fingerprint density at radius 3 is 3.06 bits per heavy atom. The molecule has 0 radical (unpaired) electrons. The average Bonchev–Trinajstić information content (AvgIpc) is 2.29. The molecule has 1 aliphatic heterocycles. The first kappa shape index (κ1) is 12.5. The standard InChI is InChI=1S/C13H16O3S/c1-9-7-10(5-6-15-9)13(14)16-11-3-2-4-12(17)8-11/h2-4,8-10,17H,5-7H2,1H3. The van der Waals surface area contributed by atoms with E-state index in [4.69, 9.17) is 9.47 Å². The second-order valence-electron chi connectivity index (χ2n) is 4.32. The molecule has 1 aromatic carbocycles. The van der Waals surface area contributed by atoms with E-state index in [2.05, 4.69) is 12.6 Å². The molecule has 2 atom stereocenters. The summed E-state index contributed by atoms with van der Waals surface area (Å²) in [5.41, 5.74) is 0. The Morgan fingerprint density at radius 2 is 2.35 bits per heavy atom. The molecular weight excluding hydrogens is 236 g/mol. The Labute approximate surface area is 107 Å². The van der Waals surface area contributed by atoms with Crippen LogP contribution in [0.1, 0.15) is 19.8 Å². The number of hydrogen-bond donors (Lipinski definition) is 1. The first-order valence-electron chi connectivity index (χ1n) is 5.77. The Kier molecular flexibility index (Phi) is 4.07. The minimum Gasteiger partial charge on any atom is -0.426 e. The van der Waals surface area contributed by atoms with Crippen molar-refractivity contribution >= 4 is 18.6 Å². The van der Waals surface area contributed by atoms with Crippen molar-refractivity contribution in [1.29, 1.82) is 0 Å². The summed E-state index contributed by atoms with van der Waals surface area (Å²) in [5, 5.41) is 0. The minimum atomic E-state index is -0.168. The fraction of sp³-hybridized carbons (Fsp3) is 0.462. The molecule has 1 heterocycles. The molecule has 3 nitrogen and oxygen atoms in total. The van der Waals surface area contributed by atoms with E-state index in [-0.39, 0.29) is 18.0 Å². The van der Waals surface area contributed by atoms with Crippen molar-refractivity contribution in [2.45, 2.75) is 30.8 Å². The van der Waals surface area contributed by atoms with E-state index >= 15 is 0 Å². The highest BCUT2D eigenvalue weighted by Crippen LogP contribution is 2.23. The molecule has 1 aromatic rings. The molecular formula is C13H16O3S. The molecule has 0 aliphatic carbocycles. The summed E-state index contributed by atoms with van der Waals surface area (Å²) >= 11 is 4.21. The molecule has 1 aliphatic rings. The van der Waals surface area contributed by atoms with Crippen molar-refractivity contribution in [3.63, 3.8) is 0 Å². The average molecular weight is 252 g/mol. The van der Waals surface area contributed by atoms with E-state index < -0.39 is 0 Å². The summed E-state index contributed by atoms with van der Waals surface area (Å²) in [6, 6.07) is 7.17. The molecule has 17 heavy (non-hydrogen) atoms. The minimum absolute atomic E-state index is 0.0534. The summed E-state index contributed by atoms with van der Waals surface area (Å²) in [6.07, 6.45) is 1.61. The van der Waals surface area contributed by atoms with Crippen LogP contribution in [0.5, 0.6) is 5.75 Å². The van der Waals surface area contributed by atoms with Crippen LogP contribution in [0.25, 0.3) is 0 Å². The van der Waals surface area contributed by atoms with Crippen molar-refractivity contribution in [2.75, 3.05) is 6.61 Å². The number of benzene rings is 1. The number of rotatable bonds is 2. The molecule has 1 fully saturated rings. The summed E-state index contributed by atoms with van der Waals surface area (Å²) < 4.78 is 10.7. The van der Waals surface area contributed by atoms with E-state index in [1.165, 1.54) is 0 Å². The van der Waals surface area contributed by atoms with E-state index in [0.29, 0.717) is 12.4 Å². The highest BCUT2D eigenvalue weighted by molar-refractivity contribution is 7.80. The number of thiol groups is 1. The predicted octanol–water partition coefficient (Wildman–Crippen LogP) is 2.70. The third-order valence-electron chi connectivity index (χ3n) is 2.85. The summed E-state index contributed by atoms with van der Waals surface area (Å²) in [6.45, 7) is 2.61. The summed E-state index contributed by atoms with van der Waals surface area (Å²) in [4.78, 5) is 12.7. The number of carbonyl (C=O) groups is 1. The van der Waals surface area contributed by atoms with Crippen LogP contribution in [0.2, 0.25) is 0 Å². The molecule has 0 saturated carbocycles. The maximum atomic E-state index is 11.9. The summed E-state index contributed by atoms with van der Waals surface area (Å²) in [5.74, 6) is 0.336. The topological polar surface area (TPSA) is 35.5 Å². The zero-order valence-corrected chi connectivity index (χ0v) is 10.7. The quantitative estimate of drug-likeness (QED) is 0.499. The van der Waals surface area contributed by atoms with Gasteiger partial charge in [0.05, 0.1) is 12.0 Å². The molecule has 2 unspecified atom stereocenters. The van der Waals surface area contributed by atoms with E-state index in [1.54, 1.807) is 12.1 Å². The lowest BCUT2D eigenvalue weighted by molar-refractivity contribution is -0.143. The highest BCUT2D eigenvalue weighted by Gasteiger charge is 2.27. The second kappa shape index (κ2) is 5.56. The number of ether oxygens (including phenoxy) is 2. The van der Waals surface area contributed by atoms with E-state index in [0.717, 1.165) is 17.7 Å². The van der Waals surface area contributed by atoms with Crippen LogP contribution >= 0.6 is 12.6 Å². The van der Waals surface area contributed by atoms with Crippen LogP contribution in [0.4, 0.5) is 0 Å². The van der Waals surface area contributed by atoms with Gasteiger partial charge in [-0.3, -0.25) is 4.79 Å². The molecule has 0 bridgehead atoms. The Hall–Kier alpha value is -1.00. The molecule has 0 spiro atoms. The van der Waals surface area contributed by atoms with E-state index in [1.807, 2.05) is 19.1 Å². The third kappa shape index (κ3) is 3.48. The SMILES string of the molecule is CC1CC(C(=O)Oc2cccc(S)c2)CCO1. The molecule has 2 rings (SSSR count). The first-order chi connectivity index (χ1) is 8.15. The monoisotopic (exact) mass is 252 g/mol. The third-order valence-corrected chi connectivity index (χ3v) is 3.13. The number of esters is 1. The fourth-order valence-electron chi connectivity index (χ4n) is 1.96. The van der Waals surface area contributed by atoms with Crippen LogP contribution in [0, 0.1) is 5.92 Å². The Morgan fingerprint density at radius 1 is 1.53 bits per heavy atom. The second-order valence-corrected chi connectivity index (χ2v) is 4.84. The zero-order chi connectivity index (χ0) is 12.3. The van der Waals surface area contributed by atoms with Crippen molar-refractivity contribution in [3.05, 3.63) is 24.3 Å². The number of carbonyl (C=O) groups excluding carboxylic acids is 1. The van der Waals surface area contributed by atoms with Gasteiger partial charge in [-0.1, -0.05) is 6.07 Å². The van der Waals surface area contributed by atoms with Crippen molar-refractivity contribution < 1.29 is 14.3 Å². The zero-order valence-electron chi connectivity index (χ0n) is 9.76. The van der Waals surface area contributed by atoms with Gasteiger partial charge >= 0.3 is 5.97 Å². The van der Waals surface area contributed by atoms with Crippen molar-refractivity contribution in [3.8, 4) is 5.75 Å². The lowest BCUT2D eigenvalue weighted by Gasteiger charge is -2.25. The maximum absolute atomic E-state index is 11.9. The smallest absolute Gasteiger partial charge is 0.314 e. The van der Waals surface area contributed by atoms with Gasteiger partial charge in [0.2, 0.25) is 0 Å². The molecule has 4 heteroatoms. The Balaban J connectivity index is 1.96. The van der Waals surface area contributed by atoms with Gasteiger partial charge in [0, 0.05) is 11.5 Å². The lowest BCUT2D eigenvalue weighted by atomic mass is 9.96. The van der Waals surface area contributed by atoms with Gasteiger partial charge in [0.25, 0.3) is 0 Å². The molecule has 92 valence electrons. The van der Waals surface area contributed by atoms with Gasteiger partial charge in [0.1, 0.15) is 5.75 Å². The fourth-order valence-corrected chi connectivity index (χ4v) is 2.17. The highest BCUT2D eigenvalue weighted by atomic mass is 32.1. The van der Waals surface area contributed by atoms with Gasteiger partial charge in [0.15, 0.2) is 0 Å². The molecule has 1 saturated heterocycles. The van der Waals surface area contributed by atoms with Crippen LogP contribution in [0.3, 0.4) is 0 Å². The van der Waals surface area contributed by atoms with Gasteiger partial charge in [-0.15, -0.1) is 12.6 Å². The molecule has 0 amide bonds. The van der Waals surface area contributed by atoms with Gasteiger partial charge in [-0.05, 0) is 38.0 Å². The van der Waals surface area contributed by atoms with Crippen LogP contribution < -0.4 is 4.74 Å². The van der Waals surface area contributed by atoms with Crippen LogP contribution in [-0.4, -0.2) is 18.7 Å². The van der Waals surface area contributed by atoms with Crippen LogP contribution in [0.15, 0.2) is 29.2 Å². The molecule has 0 aromatic heterocycles. The normalized spacial score (nSPS) is 24.4. The van der Waals surface area contributed by atoms with Crippen molar-refractivity contribution in [1.82, 2.24) is 0 Å². The largest absolute Gasteiger partial charge is 0.426 e. The first-order valence-corrected chi connectivity index (χ1v) is 6.22. The maximum Gasteiger partial charge on any atom is 0.314 e. The molecule has 0 N–H and O–H groups in total. The Bertz CT molecular complexity index is 405.